The van der Waals surface area contributed by atoms with Gasteiger partial charge in [0.25, 0.3) is 5.56 Å². The molecule has 2 atom stereocenters. The van der Waals surface area contributed by atoms with Crippen molar-refractivity contribution in [3.8, 4) is 6.07 Å². The van der Waals surface area contributed by atoms with E-state index in [9.17, 15) is 10.1 Å². The molecule has 0 N–H and O–H groups in total. The van der Waals surface area contributed by atoms with Crippen LogP contribution in [0.1, 0.15) is 34.9 Å². The van der Waals surface area contributed by atoms with E-state index in [0.29, 0.717) is 17.4 Å². The maximum absolute atomic E-state index is 12.1. The summed E-state index contributed by atoms with van der Waals surface area (Å²) >= 11 is 0. The van der Waals surface area contributed by atoms with Crippen molar-refractivity contribution >= 4 is 5.82 Å². The Balaban J connectivity index is 1.70. The van der Waals surface area contributed by atoms with Gasteiger partial charge in [0.1, 0.15) is 11.9 Å². The van der Waals surface area contributed by atoms with Gasteiger partial charge in [0.15, 0.2) is 0 Å². The van der Waals surface area contributed by atoms with Crippen LogP contribution >= 0.6 is 0 Å². The Morgan fingerprint density at radius 2 is 2.08 bits per heavy atom. The van der Waals surface area contributed by atoms with Crippen molar-refractivity contribution in [3.05, 3.63) is 57.1 Å². The van der Waals surface area contributed by atoms with E-state index in [1.165, 1.54) is 0 Å². The second kappa shape index (κ2) is 5.48. The lowest BCUT2D eigenvalue weighted by Crippen LogP contribution is -2.47. The SMILES string of the molecule is Cc1cc(N2C[C@@H]3C[C@H](C2)c2cccc(=O)n2C3)nc(C)c1C#N. The molecule has 1 fully saturated rings. The molecule has 24 heavy (non-hydrogen) atoms. The first-order valence-electron chi connectivity index (χ1n) is 8.40. The first kappa shape index (κ1) is 14.9. The summed E-state index contributed by atoms with van der Waals surface area (Å²) in [6, 6.07) is 9.84. The van der Waals surface area contributed by atoms with Gasteiger partial charge >= 0.3 is 0 Å². The van der Waals surface area contributed by atoms with E-state index in [1.54, 1.807) is 6.07 Å². The lowest BCUT2D eigenvalue weighted by molar-refractivity contribution is 0.280. The molecule has 122 valence electrons. The highest BCUT2D eigenvalue weighted by Crippen LogP contribution is 2.36. The maximum atomic E-state index is 12.1. The topological polar surface area (TPSA) is 61.9 Å². The second-order valence-corrected chi connectivity index (χ2v) is 6.97. The number of anilines is 1. The number of rotatable bonds is 1. The number of pyridine rings is 2. The van der Waals surface area contributed by atoms with E-state index in [2.05, 4.69) is 22.0 Å². The molecule has 0 aromatic carbocycles. The predicted molar refractivity (Wildman–Crippen MR) is 92.2 cm³/mol. The summed E-state index contributed by atoms with van der Waals surface area (Å²) in [6.07, 6.45) is 1.13. The number of aryl methyl sites for hydroxylation is 2. The maximum Gasteiger partial charge on any atom is 0.250 e. The first-order valence-corrected chi connectivity index (χ1v) is 8.40. The van der Waals surface area contributed by atoms with Crippen molar-refractivity contribution in [2.24, 2.45) is 5.92 Å². The van der Waals surface area contributed by atoms with Crippen LogP contribution < -0.4 is 10.5 Å². The molecule has 2 aliphatic heterocycles. The summed E-state index contributed by atoms with van der Waals surface area (Å²) in [5.74, 6) is 1.78. The number of piperidine rings is 1. The predicted octanol–water partition coefficient (Wildman–Crippen LogP) is 2.36. The standard InChI is InChI=1S/C19H20N4O/c1-12-6-18(21-13(2)16(12)8-20)22-9-14-7-15(11-22)17-4-3-5-19(24)23(17)10-14/h3-6,14-15H,7,9-11H2,1-2H3/t14-,15+/m0/s1. The molecular formula is C19H20N4O. The fourth-order valence-electron chi connectivity index (χ4n) is 4.23. The van der Waals surface area contributed by atoms with E-state index in [4.69, 9.17) is 0 Å². The van der Waals surface area contributed by atoms with Crippen LogP contribution in [-0.4, -0.2) is 22.6 Å². The van der Waals surface area contributed by atoms with Gasteiger partial charge in [-0.25, -0.2) is 4.98 Å². The molecule has 0 aliphatic carbocycles. The number of nitriles is 1. The van der Waals surface area contributed by atoms with Gasteiger partial charge in [-0.05, 0) is 43.9 Å². The Kier molecular flexibility index (Phi) is 3.42. The summed E-state index contributed by atoms with van der Waals surface area (Å²) in [5, 5.41) is 9.23. The minimum atomic E-state index is 0.110. The molecule has 4 heterocycles. The minimum absolute atomic E-state index is 0.110. The number of fused-ring (bicyclic) bond motifs is 4. The Morgan fingerprint density at radius 3 is 2.83 bits per heavy atom. The third kappa shape index (κ3) is 2.30. The Labute approximate surface area is 141 Å². The number of aromatic nitrogens is 2. The van der Waals surface area contributed by atoms with Crippen LogP contribution in [0.3, 0.4) is 0 Å². The molecule has 0 amide bonds. The molecule has 4 rings (SSSR count). The molecule has 0 radical (unpaired) electrons. The van der Waals surface area contributed by atoms with Crippen LogP contribution in [0, 0.1) is 31.1 Å². The lowest BCUT2D eigenvalue weighted by atomic mass is 9.83. The fourth-order valence-corrected chi connectivity index (χ4v) is 4.23. The van der Waals surface area contributed by atoms with Crippen molar-refractivity contribution in [1.82, 2.24) is 9.55 Å². The molecule has 2 aromatic heterocycles. The molecule has 2 aromatic rings. The van der Waals surface area contributed by atoms with E-state index >= 15 is 0 Å². The summed E-state index contributed by atoms with van der Waals surface area (Å²) in [7, 11) is 0. The van der Waals surface area contributed by atoms with Crippen molar-refractivity contribution in [2.45, 2.75) is 32.7 Å². The number of hydrogen-bond donors (Lipinski definition) is 0. The van der Waals surface area contributed by atoms with Crippen molar-refractivity contribution in [2.75, 3.05) is 18.0 Å². The zero-order chi connectivity index (χ0) is 16.8. The van der Waals surface area contributed by atoms with Gasteiger partial charge in [0.2, 0.25) is 0 Å². The second-order valence-electron chi connectivity index (χ2n) is 6.97. The van der Waals surface area contributed by atoms with Gasteiger partial charge < -0.3 is 9.47 Å². The van der Waals surface area contributed by atoms with Crippen LogP contribution in [0.25, 0.3) is 0 Å². The van der Waals surface area contributed by atoms with Crippen LogP contribution in [0.2, 0.25) is 0 Å². The Hall–Kier alpha value is -2.61. The summed E-state index contributed by atoms with van der Waals surface area (Å²) < 4.78 is 1.94. The first-order chi connectivity index (χ1) is 11.6. The number of hydrogen-bond acceptors (Lipinski definition) is 4. The van der Waals surface area contributed by atoms with Gasteiger partial charge in [-0.3, -0.25) is 4.79 Å². The molecule has 5 nitrogen and oxygen atoms in total. The van der Waals surface area contributed by atoms with Gasteiger partial charge in [0, 0.05) is 37.3 Å². The fraction of sp³-hybridized carbons (Fsp3) is 0.421. The summed E-state index contributed by atoms with van der Waals surface area (Å²) in [5.41, 5.74) is 3.70. The third-order valence-electron chi connectivity index (χ3n) is 5.30. The van der Waals surface area contributed by atoms with Crippen molar-refractivity contribution < 1.29 is 0 Å². The zero-order valence-corrected chi connectivity index (χ0v) is 14.0. The molecule has 2 aliphatic rings. The third-order valence-corrected chi connectivity index (χ3v) is 5.30. The van der Waals surface area contributed by atoms with Gasteiger partial charge in [-0.1, -0.05) is 6.07 Å². The molecule has 0 saturated carbocycles. The lowest BCUT2D eigenvalue weighted by Gasteiger charge is -2.43. The molecule has 1 saturated heterocycles. The van der Waals surface area contributed by atoms with E-state index in [1.807, 2.05) is 30.5 Å². The van der Waals surface area contributed by atoms with Crippen LogP contribution in [-0.2, 0) is 6.54 Å². The zero-order valence-electron chi connectivity index (χ0n) is 14.0. The largest absolute Gasteiger partial charge is 0.356 e. The van der Waals surface area contributed by atoms with Crippen LogP contribution in [0.5, 0.6) is 0 Å². The Morgan fingerprint density at radius 1 is 1.25 bits per heavy atom. The monoisotopic (exact) mass is 320 g/mol. The van der Waals surface area contributed by atoms with Crippen molar-refractivity contribution in [3.63, 3.8) is 0 Å². The molecule has 0 spiro atoms. The highest BCUT2D eigenvalue weighted by atomic mass is 16.1. The van der Waals surface area contributed by atoms with E-state index < -0.39 is 0 Å². The molecule has 5 heteroatoms. The van der Waals surface area contributed by atoms with Crippen LogP contribution in [0.15, 0.2) is 29.1 Å². The smallest absolute Gasteiger partial charge is 0.250 e. The normalized spacial score (nSPS) is 22.0. The highest BCUT2D eigenvalue weighted by Gasteiger charge is 2.35. The van der Waals surface area contributed by atoms with Crippen LogP contribution in [0.4, 0.5) is 5.82 Å². The average molecular weight is 320 g/mol. The Bertz CT molecular complexity index is 885. The number of nitrogens with zero attached hydrogens (tertiary/aromatic N) is 4. The van der Waals surface area contributed by atoms with Crippen molar-refractivity contribution in [1.29, 1.82) is 5.26 Å². The van der Waals surface area contributed by atoms with Gasteiger partial charge in [-0.15, -0.1) is 0 Å². The quantitative estimate of drug-likeness (QED) is 0.809. The molecular weight excluding hydrogens is 300 g/mol. The minimum Gasteiger partial charge on any atom is -0.356 e. The van der Waals surface area contributed by atoms with Gasteiger partial charge in [0.05, 0.1) is 11.3 Å². The van der Waals surface area contributed by atoms with Gasteiger partial charge in [-0.2, -0.15) is 5.26 Å². The molecule has 0 unspecified atom stereocenters. The summed E-state index contributed by atoms with van der Waals surface area (Å²) in [6.45, 7) is 6.44. The van der Waals surface area contributed by atoms with E-state index in [-0.39, 0.29) is 5.56 Å². The highest BCUT2D eigenvalue weighted by molar-refractivity contribution is 5.51. The average Bonchev–Trinajstić information content (AvgIpc) is 2.55. The molecule has 2 bridgehead atoms. The van der Waals surface area contributed by atoms with E-state index in [0.717, 1.165) is 48.8 Å². The summed E-state index contributed by atoms with van der Waals surface area (Å²) in [4.78, 5) is 19.1.